The van der Waals surface area contributed by atoms with Gasteiger partial charge in [-0.1, -0.05) is 36.4 Å². The Bertz CT molecular complexity index is 1040. The van der Waals surface area contributed by atoms with E-state index in [1.807, 2.05) is 36.4 Å². The predicted molar refractivity (Wildman–Crippen MR) is 110 cm³/mol. The molecule has 1 aliphatic heterocycles. The number of fused-ring (bicyclic) bond motifs is 1. The molecule has 3 aromatic rings. The van der Waals surface area contributed by atoms with Gasteiger partial charge in [0.15, 0.2) is 0 Å². The van der Waals surface area contributed by atoms with Crippen LogP contribution in [-0.4, -0.2) is 37.3 Å². The minimum atomic E-state index is -1.20. The van der Waals surface area contributed by atoms with Crippen LogP contribution in [0.15, 0.2) is 60.7 Å². The van der Waals surface area contributed by atoms with E-state index in [0.29, 0.717) is 19.6 Å². The highest BCUT2D eigenvalue weighted by Crippen LogP contribution is 2.32. The molecule has 6 heteroatoms. The van der Waals surface area contributed by atoms with Crippen LogP contribution in [0.4, 0.5) is 9.18 Å². The van der Waals surface area contributed by atoms with Crippen LogP contribution in [0, 0.1) is 5.82 Å². The number of benzene rings is 3. The second kappa shape index (κ2) is 8.71. The molecule has 1 fully saturated rings. The maximum absolute atomic E-state index is 13.4. The van der Waals surface area contributed by atoms with Crippen molar-refractivity contribution in [1.29, 1.82) is 0 Å². The second-order valence-electron chi connectivity index (χ2n) is 7.53. The number of nitrogens with zero attached hydrogens (tertiary/aromatic N) is 1. The van der Waals surface area contributed by atoms with Gasteiger partial charge in [0.2, 0.25) is 0 Å². The number of amides is 1. The summed E-state index contributed by atoms with van der Waals surface area (Å²) in [6.45, 7) is 0.896. The van der Waals surface area contributed by atoms with Crippen molar-refractivity contribution in [2.75, 3.05) is 20.2 Å². The first-order valence-corrected chi connectivity index (χ1v) is 9.94. The molecule has 2 atom stereocenters. The molecule has 1 aliphatic rings. The first-order chi connectivity index (χ1) is 14.5. The average molecular weight is 408 g/mol. The van der Waals surface area contributed by atoms with Crippen molar-refractivity contribution >= 4 is 16.9 Å². The Morgan fingerprint density at radius 1 is 1.17 bits per heavy atom. The van der Waals surface area contributed by atoms with E-state index in [4.69, 9.17) is 9.47 Å². The zero-order valence-electron chi connectivity index (χ0n) is 16.7. The highest BCUT2D eigenvalue weighted by Gasteiger charge is 2.31. The molecule has 0 bridgehead atoms. The lowest BCUT2D eigenvalue weighted by molar-refractivity contribution is -0.268. The summed E-state index contributed by atoms with van der Waals surface area (Å²) in [4.78, 5) is 12.7. The summed E-state index contributed by atoms with van der Waals surface area (Å²) >= 11 is 0. The van der Waals surface area contributed by atoms with Crippen molar-refractivity contribution in [3.05, 3.63) is 77.6 Å². The molecule has 156 valence electrons. The summed E-state index contributed by atoms with van der Waals surface area (Å²) in [6, 6.07) is 18.3. The van der Waals surface area contributed by atoms with Gasteiger partial charge in [0.05, 0.1) is 19.8 Å². The molecule has 0 N–H and O–H groups in total. The van der Waals surface area contributed by atoms with Gasteiger partial charge in [-0.2, -0.15) is 0 Å². The van der Waals surface area contributed by atoms with Gasteiger partial charge in [0.25, 0.3) is 0 Å². The van der Waals surface area contributed by atoms with Crippen molar-refractivity contribution in [1.82, 2.24) is 4.90 Å². The monoisotopic (exact) mass is 408 g/mol. The fourth-order valence-corrected chi connectivity index (χ4v) is 4.13. The van der Waals surface area contributed by atoms with Crippen molar-refractivity contribution in [2.45, 2.75) is 25.0 Å². The Morgan fingerprint density at radius 3 is 2.67 bits per heavy atom. The van der Waals surface area contributed by atoms with E-state index in [0.717, 1.165) is 27.6 Å². The highest BCUT2D eigenvalue weighted by molar-refractivity contribution is 5.89. The van der Waals surface area contributed by atoms with Gasteiger partial charge in [-0.05, 0) is 47.2 Å². The van der Waals surface area contributed by atoms with Crippen LogP contribution in [0.3, 0.4) is 0 Å². The molecule has 4 rings (SSSR count). The molecule has 0 spiro atoms. The topological polar surface area (TPSA) is 61.8 Å². The van der Waals surface area contributed by atoms with Gasteiger partial charge in [-0.15, -0.1) is 0 Å². The summed E-state index contributed by atoms with van der Waals surface area (Å²) in [5.41, 5.74) is 1.88. The minimum absolute atomic E-state index is 0.0245. The van der Waals surface area contributed by atoms with Crippen molar-refractivity contribution < 1.29 is 23.8 Å². The summed E-state index contributed by atoms with van der Waals surface area (Å²) < 4.78 is 25.1. The Balaban J connectivity index is 1.57. The number of halogens is 1. The Kier molecular flexibility index (Phi) is 5.86. The van der Waals surface area contributed by atoms with E-state index in [-0.39, 0.29) is 24.4 Å². The molecule has 1 heterocycles. The lowest BCUT2D eigenvalue weighted by Crippen LogP contribution is -2.51. The van der Waals surface area contributed by atoms with Gasteiger partial charge in [0, 0.05) is 24.4 Å². The molecule has 1 amide bonds. The highest BCUT2D eigenvalue weighted by atomic mass is 19.1. The normalized spacial score (nSPS) is 19.1. The van der Waals surface area contributed by atoms with Crippen LogP contribution >= 0.6 is 0 Å². The number of hydrogen-bond donors (Lipinski definition) is 0. The summed E-state index contributed by atoms with van der Waals surface area (Å²) in [5, 5.41) is 13.5. The van der Waals surface area contributed by atoms with Crippen LogP contribution in [0.25, 0.3) is 10.8 Å². The van der Waals surface area contributed by atoms with E-state index in [9.17, 15) is 14.3 Å². The standard InChI is InChI=1S/C24H24FNO4/c1-29-22-13-16(12-18-4-2-3-5-20(18)22)15-30-23-14-26(24(27)28)11-10-21(23)17-6-8-19(25)9-7-17/h2-9,12-13,21,23H,10-11,14-15H2,1H3,(H,27,28)/p-1. The lowest BCUT2D eigenvalue weighted by atomic mass is 9.87. The SMILES string of the molecule is COc1cc(COC2CN(C(=O)[O-])CCC2c2ccc(F)cc2)cc2ccccc12. The molecule has 2 unspecified atom stereocenters. The second-order valence-corrected chi connectivity index (χ2v) is 7.53. The lowest BCUT2D eigenvalue weighted by Gasteiger charge is -2.40. The molecule has 0 aromatic heterocycles. The van der Waals surface area contributed by atoms with Gasteiger partial charge in [0.1, 0.15) is 17.7 Å². The number of likely N-dealkylation sites (tertiary alicyclic amines) is 1. The quantitative estimate of drug-likeness (QED) is 0.646. The fraction of sp³-hybridized carbons (Fsp3) is 0.292. The molecule has 30 heavy (non-hydrogen) atoms. The molecule has 0 aliphatic carbocycles. The van der Waals surface area contributed by atoms with Crippen molar-refractivity contribution in [3.8, 4) is 5.75 Å². The van der Waals surface area contributed by atoms with Crippen molar-refractivity contribution in [3.63, 3.8) is 0 Å². The van der Waals surface area contributed by atoms with Crippen molar-refractivity contribution in [2.24, 2.45) is 0 Å². The number of methoxy groups -OCH3 is 1. The molecule has 0 radical (unpaired) electrons. The Labute approximate surface area is 174 Å². The zero-order valence-corrected chi connectivity index (χ0v) is 16.7. The third-order valence-corrected chi connectivity index (χ3v) is 5.68. The Morgan fingerprint density at radius 2 is 1.93 bits per heavy atom. The summed E-state index contributed by atoms with van der Waals surface area (Å²) in [6.07, 6.45) is -0.973. The van der Waals surface area contributed by atoms with Gasteiger partial charge in [-0.25, -0.2) is 4.39 Å². The molecular formula is C24H23FNO4-. The maximum Gasteiger partial charge on any atom is 0.137 e. The van der Waals surface area contributed by atoms with Crippen LogP contribution in [0.2, 0.25) is 0 Å². The van der Waals surface area contributed by atoms with Crippen LogP contribution in [0.1, 0.15) is 23.5 Å². The average Bonchev–Trinajstić information content (AvgIpc) is 2.77. The first kappa shape index (κ1) is 20.2. The number of carboxylic acid groups (broad SMARTS) is 1. The summed E-state index contributed by atoms with van der Waals surface area (Å²) in [5.74, 6) is 0.442. The molecular weight excluding hydrogens is 385 g/mol. The van der Waals surface area contributed by atoms with E-state index in [1.165, 1.54) is 17.0 Å². The van der Waals surface area contributed by atoms with Gasteiger partial charge < -0.3 is 24.3 Å². The largest absolute Gasteiger partial charge is 0.530 e. The van der Waals surface area contributed by atoms with E-state index in [2.05, 4.69) is 0 Å². The molecule has 0 saturated carbocycles. The zero-order chi connectivity index (χ0) is 21.1. The van der Waals surface area contributed by atoms with E-state index in [1.54, 1.807) is 19.2 Å². The number of rotatable bonds is 5. The maximum atomic E-state index is 13.4. The van der Waals surface area contributed by atoms with Crippen LogP contribution < -0.4 is 9.84 Å². The van der Waals surface area contributed by atoms with Crippen LogP contribution in [0.5, 0.6) is 5.75 Å². The molecule has 1 saturated heterocycles. The third-order valence-electron chi connectivity index (χ3n) is 5.68. The minimum Gasteiger partial charge on any atom is -0.530 e. The van der Waals surface area contributed by atoms with Gasteiger partial charge in [-0.3, -0.25) is 0 Å². The molecule has 3 aromatic carbocycles. The molecule has 5 nitrogen and oxygen atoms in total. The number of hydrogen-bond acceptors (Lipinski definition) is 4. The number of piperidine rings is 1. The summed E-state index contributed by atoms with van der Waals surface area (Å²) in [7, 11) is 1.63. The third kappa shape index (κ3) is 4.24. The Hall–Kier alpha value is -3.12. The number of carbonyl (C=O) groups excluding carboxylic acids is 1. The van der Waals surface area contributed by atoms with Crippen LogP contribution in [-0.2, 0) is 11.3 Å². The number of ether oxygens (including phenoxy) is 2. The van der Waals surface area contributed by atoms with Gasteiger partial charge >= 0.3 is 0 Å². The number of carbonyl (C=O) groups is 1. The predicted octanol–water partition coefficient (Wildman–Crippen LogP) is 3.71. The fourth-order valence-electron chi connectivity index (χ4n) is 4.13. The van der Waals surface area contributed by atoms with E-state index >= 15 is 0 Å². The first-order valence-electron chi connectivity index (χ1n) is 9.94. The van der Waals surface area contributed by atoms with E-state index < -0.39 is 6.09 Å². The smallest absolute Gasteiger partial charge is 0.137 e.